The van der Waals surface area contributed by atoms with E-state index in [-0.39, 0.29) is 12.1 Å². The SMILES string of the molecule is CC(/C=C/c1cccs1)=C\C=N.CCCC(=O)OC1CCNCC1. The van der Waals surface area contributed by atoms with Gasteiger partial charge in [0.25, 0.3) is 0 Å². The van der Waals surface area contributed by atoms with Crippen LogP contribution in [-0.4, -0.2) is 31.4 Å². The summed E-state index contributed by atoms with van der Waals surface area (Å²) in [5.41, 5.74) is 1.10. The largest absolute Gasteiger partial charge is 0.462 e. The summed E-state index contributed by atoms with van der Waals surface area (Å²) < 4.78 is 5.25. The van der Waals surface area contributed by atoms with E-state index in [1.165, 1.54) is 11.1 Å². The smallest absolute Gasteiger partial charge is 0.306 e. The molecule has 1 saturated heterocycles. The van der Waals surface area contributed by atoms with Crippen molar-refractivity contribution >= 4 is 29.6 Å². The fourth-order valence-corrected chi connectivity index (χ4v) is 2.77. The third kappa shape index (κ3) is 9.43. The zero-order valence-corrected chi connectivity index (χ0v) is 15.4. The minimum absolute atomic E-state index is 0.0376. The van der Waals surface area contributed by atoms with Gasteiger partial charge in [-0.25, -0.2) is 0 Å². The topological polar surface area (TPSA) is 62.2 Å². The van der Waals surface area contributed by atoms with Gasteiger partial charge in [0.05, 0.1) is 0 Å². The van der Waals surface area contributed by atoms with Crippen LogP contribution < -0.4 is 5.32 Å². The van der Waals surface area contributed by atoms with Gasteiger partial charge in [0.2, 0.25) is 0 Å². The number of esters is 1. The Labute approximate surface area is 149 Å². The normalized spacial score (nSPS) is 15.7. The number of hydrogen-bond donors (Lipinski definition) is 2. The van der Waals surface area contributed by atoms with Gasteiger partial charge in [0.15, 0.2) is 0 Å². The molecule has 0 amide bonds. The molecule has 2 rings (SSSR count). The summed E-state index contributed by atoms with van der Waals surface area (Å²) in [7, 11) is 0. The van der Waals surface area contributed by atoms with Crippen LogP contribution in [0.1, 0.15) is 44.4 Å². The number of piperidine rings is 1. The third-order valence-corrected chi connectivity index (χ3v) is 4.28. The highest BCUT2D eigenvalue weighted by molar-refractivity contribution is 7.10. The predicted molar refractivity (Wildman–Crippen MR) is 103 cm³/mol. The summed E-state index contributed by atoms with van der Waals surface area (Å²) in [6.45, 7) is 5.92. The van der Waals surface area contributed by atoms with Gasteiger partial charge in [0.1, 0.15) is 6.10 Å². The average molecular weight is 349 g/mol. The van der Waals surface area contributed by atoms with Crippen molar-refractivity contribution in [1.29, 1.82) is 5.41 Å². The number of hydrogen-bond acceptors (Lipinski definition) is 5. The first kappa shape index (κ1) is 20.3. The molecule has 0 radical (unpaired) electrons. The van der Waals surface area contributed by atoms with E-state index in [9.17, 15) is 4.79 Å². The summed E-state index contributed by atoms with van der Waals surface area (Å²) in [5, 5.41) is 12.1. The molecule has 0 unspecified atom stereocenters. The number of thiophene rings is 1. The zero-order chi connectivity index (χ0) is 17.6. The van der Waals surface area contributed by atoms with Gasteiger partial charge in [-0.3, -0.25) is 4.79 Å². The van der Waals surface area contributed by atoms with Crippen molar-refractivity contribution in [2.75, 3.05) is 13.1 Å². The second-order valence-electron chi connectivity index (χ2n) is 5.62. The van der Waals surface area contributed by atoms with Gasteiger partial charge in [-0.2, -0.15) is 0 Å². The van der Waals surface area contributed by atoms with Crippen molar-refractivity contribution in [3.63, 3.8) is 0 Å². The summed E-state index contributed by atoms with van der Waals surface area (Å²) in [5.74, 6) is -0.0376. The van der Waals surface area contributed by atoms with Crippen molar-refractivity contribution in [3.8, 4) is 0 Å². The van der Waals surface area contributed by atoms with Crippen LogP contribution in [0.2, 0.25) is 0 Å². The van der Waals surface area contributed by atoms with Gasteiger partial charge in [0, 0.05) is 17.5 Å². The highest BCUT2D eigenvalue weighted by atomic mass is 32.1. The molecule has 0 saturated carbocycles. The molecule has 0 spiro atoms. The lowest BCUT2D eigenvalue weighted by Crippen LogP contribution is -2.33. The molecule has 4 nitrogen and oxygen atoms in total. The number of carbonyl (C=O) groups is 1. The number of rotatable bonds is 6. The maximum atomic E-state index is 11.1. The summed E-state index contributed by atoms with van der Waals surface area (Å²) in [6, 6.07) is 4.10. The Hall–Kier alpha value is -1.72. The number of nitrogens with one attached hydrogen (secondary N) is 2. The molecule has 0 atom stereocenters. The first-order valence-electron chi connectivity index (χ1n) is 8.44. The lowest BCUT2D eigenvalue weighted by atomic mass is 10.1. The molecular formula is C19H28N2O2S. The molecule has 1 fully saturated rings. The molecule has 24 heavy (non-hydrogen) atoms. The van der Waals surface area contributed by atoms with Crippen LogP contribution in [0.3, 0.4) is 0 Å². The Morgan fingerprint density at radius 3 is 2.79 bits per heavy atom. The first-order chi connectivity index (χ1) is 11.7. The molecule has 0 aromatic carbocycles. The molecule has 0 bridgehead atoms. The van der Waals surface area contributed by atoms with Crippen molar-refractivity contribution in [3.05, 3.63) is 40.1 Å². The maximum Gasteiger partial charge on any atom is 0.306 e. The second-order valence-corrected chi connectivity index (χ2v) is 6.59. The van der Waals surface area contributed by atoms with E-state index >= 15 is 0 Å². The highest BCUT2D eigenvalue weighted by Gasteiger charge is 2.16. The molecule has 1 aromatic rings. The van der Waals surface area contributed by atoms with Crippen LogP contribution in [-0.2, 0) is 9.53 Å². The molecule has 132 valence electrons. The third-order valence-electron chi connectivity index (χ3n) is 3.44. The van der Waals surface area contributed by atoms with Crippen LogP contribution in [0.5, 0.6) is 0 Å². The van der Waals surface area contributed by atoms with Gasteiger partial charge in [-0.05, 0) is 68.4 Å². The van der Waals surface area contributed by atoms with E-state index < -0.39 is 0 Å². The summed E-state index contributed by atoms with van der Waals surface area (Å²) in [4.78, 5) is 12.3. The number of ether oxygens (including phenoxy) is 1. The molecule has 0 aliphatic carbocycles. The van der Waals surface area contributed by atoms with Gasteiger partial charge in [-0.1, -0.05) is 19.1 Å². The zero-order valence-electron chi connectivity index (χ0n) is 14.6. The van der Waals surface area contributed by atoms with E-state index in [0.717, 1.165) is 37.9 Å². The lowest BCUT2D eigenvalue weighted by Gasteiger charge is -2.22. The first-order valence-corrected chi connectivity index (χ1v) is 9.32. The molecule has 1 aliphatic rings. The monoisotopic (exact) mass is 348 g/mol. The van der Waals surface area contributed by atoms with Gasteiger partial charge < -0.3 is 15.5 Å². The standard InChI is InChI=1S/C10H11NS.C9H17NO2/c1-9(6-7-11)4-5-10-3-2-8-12-10;1-2-3-9(11)12-8-4-6-10-7-5-8/h2-8,11H,1H3;8,10H,2-7H2,1H3/b5-4+,9-6+,11-7?;. The lowest BCUT2D eigenvalue weighted by molar-refractivity contribution is -0.150. The Bertz CT molecular complexity index is 530. The molecule has 1 aliphatic heterocycles. The van der Waals surface area contributed by atoms with Crippen LogP contribution in [0, 0.1) is 5.41 Å². The molecule has 2 N–H and O–H groups in total. The van der Waals surface area contributed by atoms with Crippen LogP contribution in [0.15, 0.2) is 35.2 Å². The molecule has 5 heteroatoms. The van der Waals surface area contributed by atoms with E-state index in [1.807, 2.05) is 26.0 Å². The fourth-order valence-electron chi connectivity index (χ4n) is 2.15. The predicted octanol–water partition coefficient (Wildman–Crippen LogP) is 4.44. The Morgan fingerprint density at radius 1 is 1.46 bits per heavy atom. The number of carbonyl (C=O) groups excluding carboxylic acids is 1. The number of allylic oxidation sites excluding steroid dienone is 3. The molecule has 2 heterocycles. The van der Waals surface area contributed by atoms with E-state index in [1.54, 1.807) is 17.4 Å². The Kier molecular flexibility index (Phi) is 10.7. The second kappa shape index (κ2) is 12.7. The summed E-state index contributed by atoms with van der Waals surface area (Å²) >= 11 is 1.71. The Balaban J connectivity index is 0.000000240. The highest BCUT2D eigenvalue weighted by Crippen LogP contribution is 2.11. The maximum absolute atomic E-state index is 11.1. The van der Waals surface area contributed by atoms with Gasteiger partial charge in [-0.15, -0.1) is 11.3 Å². The molecule has 1 aromatic heterocycles. The van der Waals surface area contributed by atoms with Crippen molar-refractivity contribution < 1.29 is 9.53 Å². The summed E-state index contributed by atoms with van der Waals surface area (Å²) in [6.07, 6.45) is 10.7. The quantitative estimate of drug-likeness (QED) is 0.454. The fraction of sp³-hybridized carbons (Fsp3) is 0.474. The van der Waals surface area contributed by atoms with Crippen molar-refractivity contribution in [2.24, 2.45) is 0 Å². The van der Waals surface area contributed by atoms with Crippen molar-refractivity contribution in [1.82, 2.24) is 5.32 Å². The minimum atomic E-state index is -0.0376. The molecular weight excluding hydrogens is 320 g/mol. The van der Waals surface area contributed by atoms with Crippen LogP contribution in [0.25, 0.3) is 6.08 Å². The van der Waals surface area contributed by atoms with Gasteiger partial charge >= 0.3 is 5.97 Å². The van der Waals surface area contributed by atoms with Crippen LogP contribution in [0.4, 0.5) is 0 Å². The van der Waals surface area contributed by atoms with E-state index in [4.69, 9.17) is 10.1 Å². The average Bonchev–Trinajstić information content (AvgIpc) is 3.08. The van der Waals surface area contributed by atoms with Crippen LogP contribution >= 0.6 is 11.3 Å². The Morgan fingerprint density at radius 2 is 2.21 bits per heavy atom. The van der Waals surface area contributed by atoms with E-state index in [0.29, 0.717) is 6.42 Å². The minimum Gasteiger partial charge on any atom is -0.462 e. The van der Waals surface area contributed by atoms with E-state index in [2.05, 4.69) is 22.8 Å². The van der Waals surface area contributed by atoms with Crippen molar-refractivity contribution in [2.45, 2.75) is 45.6 Å².